The molecule has 0 aromatic heterocycles. The van der Waals surface area contributed by atoms with Gasteiger partial charge in [0.15, 0.2) is 0 Å². The first kappa shape index (κ1) is 13.6. The monoisotopic (exact) mass is 273 g/mol. The molecule has 20 heavy (non-hydrogen) atoms. The number of benzene rings is 1. The maximum absolute atomic E-state index is 12.1. The molecule has 0 spiro atoms. The number of aryl methyl sites for hydroxylation is 1. The van der Waals surface area contributed by atoms with Crippen molar-refractivity contribution < 1.29 is 9.90 Å². The topological polar surface area (TPSA) is 49.3 Å². The van der Waals surface area contributed by atoms with Gasteiger partial charge in [0.05, 0.1) is 0 Å². The lowest BCUT2D eigenvalue weighted by molar-refractivity contribution is -0.122. The van der Waals surface area contributed by atoms with Crippen molar-refractivity contribution in [3.05, 3.63) is 35.9 Å². The number of carbonyl (C=O) groups excluding carboxylic acids is 1. The average Bonchev–Trinajstić information content (AvgIpc) is 3.07. The second-order valence-corrected chi connectivity index (χ2v) is 6.26. The quantitative estimate of drug-likeness (QED) is 0.863. The fraction of sp³-hybridized carbons (Fsp3) is 0.588. The van der Waals surface area contributed by atoms with E-state index in [2.05, 4.69) is 17.4 Å². The maximum atomic E-state index is 12.1. The van der Waals surface area contributed by atoms with Crippen molar-refractivity contribution >= 4 is 5.91 Å². The van der Waals surface area contributed by atoms with Gasteiger partial charge in [-0.15, -0.1) is 0 Å². The van der Waals surface area contributed by atoms with Crippen molar-refractivity contribution in [3.8, 4) is 0 Å². The molecule has 3 heteroatoms. The van der Waals surface area contributed by atoms with E-state index in [1.807, 2.05) is 18.2 Å². The van der Waals surface area contributed by atoms with Crippen molar-refractivity contribution in [2.75, 3.05) is 6.61 Å². The Morgan fingerprint density at radius 1 is 1.20 bits per heavy atom. The van der Waals surface area contributed by atoms with Gasteiger partial charge >= 0.3 is 0 Å². The maximum Gasteiger partial charge on any atom is 0.220 e. The van der Waals surface area contributed by atoms with Crippen LogP contribution in [-0.2, 0) is 11.2 Å². The number of hydrogen-bond donors (Lipinski definition) is 2. The Morgan fingerprint density at radius 3 is 2.70 bits per heavy atom. The highest BCUT2D eigenvalue weighted by Crippen LogP contribution is 2.48. The molecule has 0 heterocycles. The predicted molar refractivity (Wildman–Crippen MR) is 78.1 cm³/mol. The lowest BCUT2D eigenvalue weighted by Gasteiger charge is -2.30. The molecule has 2 saturated carbocycles. The minimum atomic E-state index is 0.129. The molecular formula is C17H23NO2. The number of rotatable bonds is 5. The van der Waals surface area contributed by atoms with Crippen LogP contribution < -0.4 is 5.32 Å². The Balaban J connectivity index is 1.51. The van der Waals surface area contributed by atoms with Gasteiger partial charge in [0.2, 0.25) is 5.91 Å². The summed E-state index contributed by atoms with van der Waals surface area (Å²) >= 11 is 0. The number of aliphatic hydroxyl groups excluding tert-OH is 1. The van der Waals surface area contributed by atoms with Crippen LogP contribution in [0.4, 0.5) is 0 Å². The van der Waals surface area contributed by atoms with Gasteiger partial charge in [-0.1, -0.05) is 30.3 Å². The first-order chi connectivity index (χ1) is 9.78. The van der Waals surface area contributed by atoms with E-state index in [0.29, 0.717) is 18.3 Å². The minimum absolute atomic E-state index is 0.129. The van der Waals surface area contributed by atoms with Gasteiger partial charge in [0, 0.05) is 25.0 Å². The number of nitrogens with one attached hydrogen (secondary N) is 1. The van der Waals surface area contributed by atoms with E-state index in [4.69, 9.17) is 0 Å². The molecule has 2 N–H and O–H groups in total. The van der Waals surface area contributed by atoms with Crippen molar-refractivity contribution in [1.82, 2.24) is 5.32 Å². The Kier molecular flexibility index (Phi) is 4.06. The Morgan fingerprint density at radius 2 is 1.95 bits per heavy atom. The first-order valence-electron chi connectivity index (χ1n) is 7.72. The summed E-state index contributed by atoms with van der Waals surface area (Å²) in [7, 11) is 0. The molecule has 108 valence electrons. The summed E-state index contributed by atoms with van der Waals surface area (Å²) < 4.78 is 0. The molecular weight excluding hydrogens is 250 g/mol. The standard InChI is InChI=1S/C17H23NO2/c19-11-15-13-7-8-14(10-13)17(15)18-16(20)9-6-12-4-2-1-3-5-12/h1-5,13-15,17,19H,6-11H2,(H,18,20). The van der Waals surface area contributed by atoms with Crippen LogP contribution in [0.3, 0.4) is 0 Å². The molecule has 2 bridgehead atoms. The van der Waals surface area contributed by atoms with Crippen LogP contribution in [0.2, 0.25) is 0 Å². The molecule has 1 aromatic rings. The van der Waals surface area contributed by atoms with Gasteiger partial charge in [0.25, 0.3) is 0 Å². The zero-order chi connectivity index (χ0) is 13.9. The van der Waals surface area contributed by atoms with E-state index in [1.165, 1.54) is 24.8 Å². The Bertz CT molecular complexity index is 459. The summed E-state index contributed by atoms with van der Waals surface area (Å²) in [4.78, 5) is 12.1. The minimum Gasteiger partial charge on any atom is -0.396 e. The average molecular weight is 273 g/mol. The van der Waals surface area contributed by atoms with Crippen molar-refractivity contribution in [2.24, 2.45) is 17.8 Å². The summed E-state index contributed by atoms with van der Waals surface area (Å²) in [5.74, 6) is 1.64. The molecule has 0 aliphatic heterocycles. The van der Waals surface area contributed by atoms with Gasteiger partial charge in [-0.2, -0.15) is 0 Å². The van der Waals surface area contributed by atoms with Gasteiger partial charge in [-0.3, -0.25) is 4.79 Å². The molecule has 3 nitrogen and oxygen atoms in total. The lowest BCUT2D eigenvalue weighted by Crippen LogP contribution is -2.45. The van der Waals surface area contributed by atoms with E-state index >= 15 is 0 Å². The molecule has 4 unspecified atom stereocenters. The van der Waals surface area contributed by atoms with Crippen LogP contribution in [0.1, 0.15) is 31.2 Å². The number of fused-ring (bicyclic) bond motifs is 2. The SMILES string of the molecule is O=C(CCc1ccccc1)NC1C2CCC(C2)C1CO. The van der Waals surface area contributed by atoms with Crippen LogP contribution in [0, 0.1) is 17.8 Å². The van der Waals surface area contributed by atoms with Crippen LogP contribution in [0.15, 0.2) is 30.3 Å². The summed E-state index contributed by atoms with van der Waals surface area (Å²) in [6.45, 7) is 0.213. The number of hydrogen-bond acceptors (Lipinski definition) is 2. The van der Waals surface area contributed by atoms with Gasteiger partial charge in [-0.05, 0) is 43.1 Å². The van der Waals surface area contributed by atoms with Gasteiger partial charge < -0.3 is 10.4 Å². The number of amides is 1. The second-order valence-electron chi connectivity index (χ2n) is 6.26. The molecule has 1 aromatic carbocycles. The molecule has 1 amide bonds. The molecule has 4 atom stereocenters. The normalized spacial score (nSPS) is 31.4. The van der Waals surface area contributed by atoms with E-state index < -0.39 is 0 Å². The Hall–Kier alpha value is -1.35. The lowest BCUT2D eigenvalue weighted by atomic mass is 9.85. The van der Waals surface area contributed by atoms with E-state index in [-0.39, 0.29) is 24.5 Å². The number of carbonyl (C=O) groups is 1. The fourth-order valence-electron chi connectivity index (χ4n) is 4.06. The molecule has 0 radical (unpaired) electrons. The summed E-state index contributed by atoms with van der Waals surface area (Å²) in [5, 5.41) is 12.7. The summed E-state index contributed by atoms with van der Waals surface area (Å²) in [6.07, 6.45) is 4.96. The highest BCUT2D eigenvalue weighted by Gasteiger charge is 2.47. The third kappa shape index (κ3) is 2.73. The molecule has 2 aliphatic carbocycles. The van der Waals surface area contributed by atoms with Crippen molar-refractivity contribution in [3.63, 3.8) is 0 Å². The smallest absolute Gasteiger partial charge is 0.220 e. The van der Waals surface area contributed by atoms with Crippen LogP contribution in [0.25, 0.3) is 0 Å². The zero-order valence-corrected chi connectivity index (χ0v) is 11.8. The third-order valence-electron chi connectivity index (χ3n) is 5.11. The third-order valence-corrected chi connectivity index (χ3v) is 5.11. The molecule has 2 aliphatic rings. The predicted octanol–water partition coefficient (Wildman–Crippen LogP) is 2.14. The largest absolute Gasteiger partial charge is 0.396 e. The first-order valence-corrected chi connectivity index (χ1v) is 7.72. The fourth-order valence-corrected chi connectivity index (χ4v) is 4.06. The summed E-state index contributed by atoms with van der Waals surface area (Å²) in [6, 6.07) is 10.3. The van der Waals surface area contributed by atoms with Crippen LogP contribution in [0.5, 0.6) is 0 Å². The van der Waals surface area contributed by atoms with Crippen LogP contribution in [-0.4, -0.2) is 23.7 Å². The van der Waals surface area contributed by atoms with Crippen molar-refractivity contribution in [1.29, 1.82) is 0 Å². The van der Waals surface area contributed by atoms with Crippen molar-refractivity contribution in [2.45, 2.75) is 38.1 Å². The molecule has 3 rings (SSSR count). The molecule has 0 saturated heterocycles. The van der Waals surface area contributed by atoms with Gasteiger partial charge in [-0.25, -0.2) is 0 Å². The number of aliphatic hydroxyl groups is 1. The van der Waals surface area contributed by atoms with E-state index in [9.17, 15) is 9.90 Å². The van der Waals surface area contributed by atoms with Gasteiger partial charge in [0.1, 0.15) is 0 Å². The highest BCUT2D eigenvalue weighted by molar-refractivity contribution is 5.76. The highest BCUT2D eigenvalue weighted by atomic mass is 16.3. The zero-order valence-electron chi connectivity index (χ0n) is 11.8. The Labute approximate surface area is 120 Å². The van der Waals surface area contributed by atoms with E-state index in [0.717, 1.165) is 6.42 Å². The van der Waals surface area contributed by atoms with E-state index in [1.54, 1.807) is 0 Å². The van der Waals surface area contributed by atoms with Crippen LogP contribution >= 0.6 is 0 Å². The second kappa shape index (κ2) is 5.96. The molecule has 2 fully saturated rings. The summed E-state index contributed by atoms with van der Waals surface area (Å²) in [5.41, 5.74) is 1.20.